The van der Waals surface area contributed by atoms with Crippen LogP contribution in [0.5, 0.6) is 0 Å². The molecular formula is C8H6BrF4N. The second-order valence-electron chi connectivity index (χ2n) is 2.66. The first kappa shape index (κ1) is 11.3. The van der Waals surface area contributed by atoms with Crippen LogP contribution < -0.4 is 5.73 Å². The third-order valence-electron chi connectivity index (χ3n) is 1.68. The summed E-state index contributed by atoms with van der Waals surface area (Å²) in [6, 6.07) is 1.36. The number of nitrogen functional groups attached to an aromatic ring is 1. The monoisotopic (exact) mass is 271 g/mol. The van der Waals surface area contributed by atoms with Gasteiger partial charge in [-0.05, 0) is 17.7 Å². The summed E-state index contributed by atoms with van der Waals surface area (Å²) in [5, 5.41) is 0.0830. The van der Waals surface area contributed by atoms with Gasteiger partial charge >= 0.3 is 6.18 Å². The molecule has 0 bridgehead atoms. The molecule has 0 unspecified atom stereocenters. The van der Waals surface area contributed by atoms with Crippen LogP contribution in [-0.4, -0.2) is 0 Å². The van der Waals surface area contributed by atoms with Crippen molar-refractivity contribution >= 4 is 21.6 Å². The van der Waals surface area contributed by atoms with Gasteiger partial charge in [-0.3, -0.25) is 0 Å². The van der Waals surface area contributed by atoms with Crippen LogP contribution in [0.3, 0.4) is 0 Å². The predicted molar refractivity (Wildman–Crippen MR) is 48.4 cm³/mol. The maximum atomic E-state index is 12.7. The Hall–Kier alpha value is -0.780. The van der Waals surface area contributed by atoms with Gasteiger partial charge in [0.1, 0.15) is 5.82 Å². The largest absolute Gasteiger partial charge is 0.418 e. The zero-order chi connectivity index (χ0) is 10.9. The molecule has 1 nitrogen and oxygen atoms in total. The molecule has 2 N–H and O–H groups in total. The first-order chi connectivity index (χ1) is 6.36. The van der Waals surface area contributed by atoms with Crippen molar-refractivity contribution in [1.29, 1.82) is 0 Å². The highest BCUT2D eigenvalue weighted by Crippen LogP contribution is 2.36. The third kappa shape index (κ3) is 2.17. The minimum Gasteiger partial charge on any atom is -0.398 e. The maximum absolute atomic E-state index is 12.7. The van der Waals surface area contributed by atoms with Gasteiger partial charge in [-0.2, -0.15) is 13.2 Å². The van der Waals surface area contributed by atoms with Gasteiger partial charge in [-0.25, -0.2) is 4.39 Å². The number of rotatable bonds is 1. The summed E-state index contributed by atoms with van der Waals surface area (Å²) in [5.41, 5.74) is 3.76. The van der Waals surface area contributed by atoms with E-state index in [2.05, 4.69) is 15.9 Å². The molecule has 14 heavy (non-hydrogen) atoms. The number of alkyl halides is 4. The molecule has 1 aromatic carbocycles. The highest BCUT2D eigenvalue weighted by Gasteiger charge is 2.34. The van der Waals surface area contributed by atoms with Crippen molar-refractivity contribution in [1.82, 2.24) is 0 Å². The van der Waals surface area contributed by atoms with Gasteiger partial charge in [0, 0.05) is 11.0 Å². The van der Waals surface area contributed by atoms with E-state index in [1.807, 2.05) is 0 Å². The van der Waals surface area contributed by atoms with Crippen molar-refractivity contribution in [3.8, 4) is 0 Å². The quantitative estimate of drug-likeness (QED) is 0.473. The van der Waals surface area contributed by atoms with Gasteiger partial charge in [0.2, 0.25) is 0 Å². The second kappa shape index (κ2) is 3.76. The molecule has 0 aliphatic heterocycles. The molecule has 0 aliphatic rings. The van der Waals surface area contributed by atoms with E-state index in [1.54, 1.807) is 0 Å². The van der Waals surface area contributed by atoms with Crippen LogP contribution >= 0.6 is 15.9 Å². The van der Waals surface area contributed by atoms with E-state index in [4.69, 9.17) is 5.73 Å². The Morgan fingerprint density at radius 1 is 1.29 bits per heavy atom. The molecule has 0 fully saturated rings. The predicted octanol–water partition coefficient (Wildman–Crippen LogP) is 3.32. The fourth-order valence-electron chi connectivity index (χ4n) is 1.02. The number of halogens is 5. The van der Waals surface area contributed by atoms with Crippen molar-refractivity contribution in [3.05, 3.63) is 29.1 Å². The van der Waals surface area contributed by atoms with Gasteiger partial charge in [0.05, 0.1) is 5.56 Å². The smallest absolute Gasteiger partial charge is 0.398 e. The fraction of sp³-hybridized carbons (Fsp3) is 0.250. The minimum absolute atomic E-state index is 0.0830. The standard InChI is InChI=1S/C8H6BrF4N/c9-3-4-1-5(10)2-6(7(4)14)8(11,12)13/h1-2H,3,14H2. The van der Waals surface area contributed by atoms with E-state index in [0.717, 1.165) is 6.07 Å². The lowest BCUT2D eigenvalue weighted by Crippen LogP contribution is -2.11. The van der Waals surface area contributed by atoms with E-state index in [-0.39, 0.29) is 10.9 Å². The van der Waals surface area contributed by atoms with Crippen molar-refractivity contribution in [2.24, 2.45) is 0 Å². The molecule has 0 saturated heterocycles. The van der Waals surface area contributed by atoms with Crippen LogP contribution in [-0.2, 0) is 11.5 Å². The van der Waals surface area contributed by atoms with E-state index in [9.17, 15) is 17.6 Å². The Kier molecular flexibility index (Phi) is 3.04. The van der Waals surface area contributed by atoms with E-state index >= 15 is 0 Å². The average Bonchev–Trinajstić information content (AvgIpc) is 2.06. The zero-order valence-corrected chi connectivity index (χ0v) is 8.41. The summed E-state index contributed by atoms with van der Waals surface area (Å²) in [5.74, 6) is -0.944. The summed E-state index contributed by atoms with van der Waals surface area (Å²) < 4.78 is 49.6. The molecule has 6 heteroatoms. The average molecular weight is 272 g/mol. The highest BCUT2D eigenvalue weighted by atomic mass is 79.9. The Balaban J connectivity index is 3.37. The zero-order valence-electron chi connectivity index (χ0n) is 6.83. The van der Waals surface area contributed by atoms with Crippen molar-refractivity contribution in [2.75, 3.05) is 5.73 Å². The molecule has 0 amide bonds. The van der Waals surface area contributed by atoms with E-state index < -0.39 is 23.2 Å². The van der Waals surface area contributed by atoms with Crippen molar-refractivity contribution < 1.29 is 17.6 Å². The minimum atomic E-state index is -4.62. The fourth-order valence-corrected chi connectivity index (χ4v) is 1.48. The van der Waals surface area contributed by atoms with Gasteiger partial charge in [0.15, 0.2) is 0 Å². The van der Waals surface area contributed by atoms with Crippen LogP contribution in [0.2, 0.25) is 0 Å². The highest BCUT2D eigenvalue weighted by molar-refractivity contribution is 9.08. The molecule has 0 heterocycles. The molecule has 0 atom stereocenters. The van der Waals surface area contributed by atoms with Gasteiger partial charge in [-0.15, -0.1) is 0 Å². The SMILES string of the molecule is Nc1c(CBr)cc(F)cc1C(F)(F)F. The van der Waals surface area contributed by atoms with Gasteiger partial charge in [-0.1, -0.05) is 15.9 Å². The number of benzene rings is 1. The molecule has 0 spiro atoms. The maximum Gasteiger partial charge on any atom is 0.418 e. The number of nitrogens with two attached hydrogens (primary N) is 1. The summed E-state index contributed by atoms with van der Waals surface area (Å²) in [6.45, 7) is 0. The van der Waals surface area contributed by atoms with Crippen molar-refractivity contribution in [3.63, 3.8) is 0 Å². The van der Waals surface area contributed by atoms with Crippen LogP contribution in [0.4, 0.5) is 23.2 Å². The first-order valence-corrected chi connectivity index (χ1v) is 4.69. The Morgan fingerprint density at radius 2 is 1.86 bits per heavy atom. The molecule has 1 aromatic rings. The van der Waals surface area contributed by atoms with Gasteiger partial charge in [0.25, 0.3) is 0 Å². The normalized spacial score (nSPS) is 11.8. The van der Waals surface area contributed by atoms with Crippen LogP contribution in [0.25, 0.3) is 0 Å². The molecule has 0 aliphatic carbocycles. The van der Waals surface area contributed by atoms with E-state index in [1.165, 1.54) is 0 Å². The molecule has 0 aromatic heterocycles. The number of anilines is 1. The summed E-state index contributed by atoms with van der Waals surface area (Å²) in [4.78, 5) is 0. The van der Waals surface area contributed by atoms with E-state index in [0.29, 0.717) is 6.07 Å². The summed E-state index contributed by atoms with van der Waals surface area (Å²) in [6.07, 6.45) is -4.62. The van der Waals surface area contributed by atoms with Crippen LogP contribution in [0.1, 0.15) is 11.1 Å². The number of hydrogen-bond acceptors (Lipinski definition) is 1. The Morgan fingerprint density at radius 3 is 2.29 bits per heavy atom. The van der Waals surface area contributed by atoms with Crippen LogP contribution in [0, 0.1) is 5.82 Å². The molecule has 0 saturated carbocycles. The molecule has 1 rings (SSSR count). The first-order valence-electron chi connectivity index (χ1n) is 3.57. The summed E-state index contributed by atoms with van der Waals surface area (Å²) in [7, 11) is 0. The lowest BCUT2D eigenvalue weighted by atomic mass is 10.1. The molecule has 78 valence electrons. The Bertz CT molecular complexity index is 348. The van der Waals surface area contributed by atoms with Crippen LogP contribution in [0.15, 0.2) is 12.1 Å². The summed E-state index contributed by atoms with van der Waals surface area (Å²) >= 11 is 2.93. The lowest BCUT2D eigenvalue weighted by Gasteiger charge is -2.12. The Labute approximate surface area is 86.0 Å². The third-order valence-corrected chi connectivity index (χ3v) is 2.28. The van der Waals surface area contributed by atoms with Gasteiger partial charge < -0.3 is 5.73 Å². The second-order valence-corrected chi connectivity index (χ2v) is 3.22. The lowest BCUT2D eigenvalue weighted by molar-refractivity contribution is -0.137. The number of hydrogen-bond donors (Lipinski definition) is 1. The topological polar surface area (TPSA) is 26.0 Å². The molecular weight excluding hydrogens is 266 g/mol. The van der Waals surface area contributed by atoms with Crippen molar-refractivity contribution in [2.45, 2.75) is 11.5 Å². The molecule has 0 radical (unpaired) electrons.